The molecule has 0 amide bonds. The molecule has 1 spiro atoms. The molecule has 2 aliphatic heterocycles. The van der Waals surface area contributed by atoms with Gasteiger partial charge in [-0.2, -0.15) is 0 Å². The summed E-state index contributed by atoms with van der Waals surface area (Å²) in [5, 5.41) is 17.2. The van der Waals surface area contributed by atoms with Crippen LogP contribution < -0.4 is 5.56 Å². The third-order valence-corrected chi connectivity index (χ3v) is 10.5. The van der Waals surface area contributed by atoms with Gasteiger partial charge < -0.3 is 14.4 Å². The van der Waals surface area contributed by atoms with Gasteiger partial charge in [0, 0.05) is 42.6 Å². The Morgan fingerprint density at radius 2 is 1.77 bits per heavy atom. The fourth-order valence-electron chi connectivity index (χ4n) is 8.21. The van der Waals surface area contributed by atoms with Crippen LogP contribution in [0, 0.1) is 17.3 Å². The molecule has 1 aromatic heterocycles. The Balaban J connectivity index is 1.03. The summed E-state index contributed by atoms with van der Waals surface area (Å²) in [5.74, 6) is 2.68. The van der Waals surface area contributed by atoms with Gasteiger partial charge in [0.15, 0.2) is 17.7 Å². The summed E-state index contributed by atoms with van der Waals surface area (Å²) in [4.78, 5) is 13.7. The van der Waals surface area contributed by atoms with Gasteiger partial charge in [-0.25, -0.2) is 0 Å². The number of rotatable bonds is 8. The van der Waals surface area contributed by atoms with Crippen molar-refractivity contribution < 1.29 is 14.4 Å². The fourth-order valence-corrected chi connectivity index (χ4v) is 8.21. The normalized spacial score (nSPS) is 32.6. The summed E-state index contributed by atoms with van der Waals surface area (Å²) < 4.78 is 8.63. The van der Waals surface area contributed by atoms with Gasteiger partial charge in [-0.15, -0.1) is 4.59 Å². The number of pyridine rings is 1. The van der Waals surface area contributed by atoms with Crippen LogP contribution in [0.25, 0.3) is 10.8 Å². The molecule has 208 valence electrons. The predicted molar refractivity (Wildman–Crippen MR) is 156 cm³/mol. The van der Waals surface area contributed by atoms with Crippen LogP contribution >= 0.6 is 0 Å². The molecule has 6 nitrogen and oxygen atoms in total. The number of quaternary nitrogens is 1. The van der Waals surface area contributed by atoms with Crippen molar-refractivity contribution in [1.82, 2.24) is 4.57 Å². The molecule has 6 aliphatic rings. The molecule has 2 aromatic rings. The van der Waals surface area contributed by atoms with Crippen molar-refractivity contribution in [3.63, 3.8) is 0 Å². The summed E-state index contributed by atoms with van der Waals surface area (Å²) in [6, 6.07) is 9.13. The lowest BCUT2D eigenvalue weighted by atomic mass is 9.48. The van der Waals surface area contributed by atoms with Crippen LogP contribution in [-0.4, -0.2) is 38.7 Å². The van der Waals surface area contributed by atoms with E-state index in [0.717, 1.165) is 24.0 Å². The first kappa shape index (κ1) is 24.8. The number of hydrogen-bond donors (Lipinski definition) is 1. The molecule has 8 rings (SSSR count). The molecule has 0 bridgehead atoms. The van der Waals surface area contributed by atoms with Crippen LogP contribution in [-0.2, 0) is 4.74 Å². The van der Waals surface area contributed by atoms with E-state index in [4.69, 9.17) is 9.84 Å². The summed E-state index contributed by atoms with van der Waals surface area (Å²) in [6.45, 7) is 3.78. The number of fused-ring (bicyclic) bond motifs is 2. The van der Waals surface area contributed by atoms with E-state index in [0.29, 0.717) is 39.8 Å². The Morgan fingerprint density at radius 3 is 2.45 bits per heavy atom. The average Bonchev–Trinajstić information content (AvgIpc) is 3.82. The molecule has 6 heteroatoms. The summed E-state index contributed by atoms with van der Waals surface area (Å²) in [7, 11) is 0. The molecule has 1 N–H and O–H groups in total. The minimum Gasteiger partial charge on any atom is -0.485 e. The smallest absolute Gasteiger partial charge is 0.258 e. The van der Waals surface area contributed by atoms with Gasteiger partial charge in [0.1, 0.15) is 12.6 Å². The van der Waals surface area contributed by atoms with Gasteiger partial charge in [0.2, 0.25) is 0 Å². The van der Waals surface area contributed by atoms with E-state index in [2.05, 4.69) is 41.2 Å². The number of hydrogen-bond acceptors (Lipinski definition) is 4. The number of nitrogens with zero attached hydrogens (tertiary/aromatic N) is 3. The number of benzene rings is 1. The Labute approximate surface area is 235 Å². The van der Waals surface area contributed by atoms with Crippen molar-refractivity contribution in [3.05, 3.63) is 82.3 Å². The van der Waals surface area contributed by atoms with Gasteiger partial charge in [0.05, 0.1) is 11.8 Å². The third kappa shape index (κ3) is 3.98. The van der Waals surface area contributed by atoms with Crippen LogP contribution in [0.2, 0.25) is 0 Å². The second-order valence-corrected chi connectivity index (χ2v) is 14.2. The highest BCUT2D eigenvalue weighted by Crippen LogP contribution is 2.65. The minimum atomic E-state index is -0.880. The van der Waals surface area contributed by atoms with Crippen molar-refractivity contribution in [2.75, 3.05) is 6.61 Å². The number of allylic oxidation sites excluding steroid dienone is 3. The molecular weight excluding hydrogens is 498 g/mol. The lowest BCUT2D eigenvalue weighted by Crippen LogP contribution is -2.60. The Kier molecular flexibility index (Phi) is 5.29. The maximum Gasteiger partial charge on any atom is 0.258 e. The van der Waals surface area contributed by atoms with Crippen LogP contribution in [0.4, 0.5) is 0 Å². The Hall–Kier alpha value is -2.96. The molecule has 1 unspecified atom stereocenters. The lowest BCUT2D eigenvalue weighted by Gasteiger charge is -2.59. The largest absolute Gasteiger partial charge is 0.485 e. The van der Waals surface area contributed by atoms with Crippen LogP contribution in [0.1, 0.15) is 82.7 Å². The molecular formula is C34H40N3O3+. The molecule has 1 atom stereocenters. The van der Waals surface area contributed by atoms with Crippen LogP contribution in [0.15, 0.2) is 76.2 Å². The van der Waals surface area contributed by atoms with E-state index in [1.807, 2.05) is 24.4 Å². The van der Waals surface area contributed by atoms with Crippen LogP contribution in [0.5, 0.6) is 0 Å². The van der Waals surface area contributed by atoms with Crippen molar-refractivity contribution in [2.45, 2.75) is 88.8 Å². The summed E-state index contributed by atoms with van der Waals surface area (Å²) >= 11 is 0. The molecule has 4 saturated carbocycles. The highest BCUT2D eigenvalue weighted by molar-refractivity contribution is 5.85. The zero-order valence-corrected chi connectivity index (χ0v) is 23.6. The molecule has 3 heterocycles. The third-order valence-electron chi connectivity index (χ3n) is 10.5. The maximum absolute atomic E-state index is 13.7. The SMILES string of the molecule is CC(C)(O)COC1=C[N+]2(C3CC4(CC(c5cn(C(C6CC6)C6CC6)c(=O)c6ccccc56)C4)C3)N=CC=C2C=C1. The Bertz CT molecular complexity index is 1540. The van der Waals surface area contributed by atoms with E-state index in [9.17, 15) is 9.90 Å². The summed E-state index contributed by atoms with van der Waals surface area (Å²) in [6.07, 6.45) is 22.3. The minimum absolute atomic E-state index is 0.218. The molecule has 0 radical (unpaired) electrons. The first-order valence-electron chi connectivity index (χ1n) is 15.3. The fraction of sp³-hybridized carbons (Fsp3) is 0.529. The highest BCUT2D eigenvalue weighted by Gasteiger charge is 2.62. The topological polar surface area (TPSA) is 63.8 Å². The molecule has 0 saturated heterocycles. The number of ether oxygens (including phenoxy) is 1. The van der Waals surface area contributed by atoms with Crippen LogP contribution in [0.3, 0.4) is 0 Å². The van der Waals surface area contributed by atoms with E-state index in [1.54, 1.807) is 13.8 Å². The van der Waals surface area contributed by atoms with Crippen molar-refractivity contribution in [1.29, 1.82) is 0 Å². The second kappa shape index (κ2) is 8.53. The van der Waals surface area contributed by atoms with Gasteiger partial charge in [-0.1, -0.05) is 23.3 Å². The van der Waals surface area contributed by atoms with E-state index < -0.39 is 5.60 Å². The lowest BCUT2D eigenvalue weighted by molar-refractivity contribution is -0.881. The molecule has 4 fully saturated rings. The van der Waals surface area contributed by atoms with Gasteiger partial charge >= 0.3 is 0 Å². The van der Waals surface area contributed by atoms with Gasteiger partial charge in [-0.05, 0) is 98.6 Å². The quantitative estimate of drug-likeness (QED) is 0.402. The number of aromatic nitrogens is 1. The van der Waals surface area contributed by atoms with Crippen molar-refractivity contribution >= 4 is 17.0 Å². The highest BCUT2D eigenvalue weighted by atomic mass is 16.5. The van der Waals surface area contributed by atoms with Crippen molar-refractivity contribution in [2.24, 2.45) is 22.4 Å². The predicted octanol–water partition coefficient (Wildman–Crippen LogP) is 6.29. The molecule has 40 heavy (non-hydrogen) atoms. The Morgan fingerprint density at radius 1 is 1.07 bits per heavy atom. The van der Waals surface area contributed by atoms with Crippen molar-refractivity contribution in [3.8, 4) is 0 Å². The van der Waals surface area contributed by atoms with Gasteiger partial charge in [0.25, 0.3) is 5.56 Å². The second-order valence-electron chi connectivity index (χ2n) is 14.2. The first-order valence-corrected chi connectivity index (χ1v) is 15.3. The standard InChI is InChI=1S/C34H40N3O3/c1-33(2,39)21-40-27-12-11-25-13-14-35-37(25,20-27)26-17-34(18-26)15-24(16-34)30-19-36(31(22-7-8-22)23-9-10-23)32(38)29-6-4-3-5-28(29)30/h3-6,11-14,19-20,22-24,26,31,39H,7-10,15-18,21H2,1-2H3/q+1. The van der Waals surface area contributed by atoms with E-state index in [-0.39, 0.29) is 12.2 Å². The monoisotopic (exact) mass is 538 g/mol. The van der Waals surface area contributed by atoms with Gasteiger partial charge in [-0.3, -0.25) is 4.79 Å². The zero-order chi connectivity index (χ0) is 27.3. The van der Waals surface area contributed by atoms with E-state index >= 15 is 0 Å². The molecule has 1 aromatic carbocycles. The zero-order valence-electron chi connectivity index (χ0n) is 23.6. The maximum atomic E-state index is 13.7. The summed E-state index contributed by atoms with van der Waals surface area (Å²) in [5.41, 5.74) is 2.29. The number of aliphatic hydroxyl groups is 1. The first-order chi connectivity index (χ1) is 19.2. The average molecular weight is 539 g/mol. The van der Waals surface area contributed by atoms with E-state index in [1.165, 1.54) is 55.2 Å². The molecule has 4 aliphatic carbocycles.